The van der Waals surface area contributed by atoms with Crippen LogP contribution in [0.25, 0.3) is 0 Å². The molecule has 0 saturated heterocycles. The highest BCUT2D eigenvalue weighted by atomic mass is 32.1. The number of aliphatic hydroxyl groups is 1. The highest BCUT2D eigenvalue weighted by Crippen LogP contribution is 2.28. The van der Waals surface area contributed by atoms with E-state index in [4.69, 9.17) is 0 Å². The quantitative estimate of drug-likeness (QED) is 0.800. The van der Waals surface area contributed by atoms with Crippen molar-refractivity contribution in [2.45, 2.75) is 64.0 Å². The molecule has 1 heterocycles. The number of nitrogens with one attached hydrogen (secondary N) is 2. The number of amides is 2. The van der Waals surface area contributed by atoms with E-state index in [0.717, 1.165) is 36.4 Å². The first kappa shape index (κ1) is 16.2. The van der Waals surface area contributed by atoms with E-state index in [1.54, 1.807) is 11.3 Å². The van der Waals surface area contributed by atoms with Gasteiger partial charge in [-0.1, -0.05) is 33.6 Å². The molecule has 1 aliphatic carbocycles. The molecule has 0 bridgehead atoms. The van der Waals surface area contributed by atoms with Crippen LogP contribution >= 0.6 is 11.3 Å². The summed E-state index contributed by atoms with van der Waals surface area (Å²) >= 11 is 1.56. The van der Waals surface area contributed by atoms with Gasteiger partial charge in [-0.15, -0.1) is 11.3 Å². The van der Waals surface area contributed by atoms with Gasteiger partial charge in [-0.05, 0) is 12.8 Å². The van der Waals surface area contributed by atoms with Crippen LogP contribution < -0.4 is 10.6 Å². The lowest BCUT2D eigenvalue weighted by Gasteiger charge is -2.22. The van der Waals surface area contributed by atoms with Gasteiger partial charge >= 0.3 is 6.03 Å². The van der Waals surface area contributed by atoms with Crippen LogP contribution in [0.2, 0.25) is 0 Å². The van der Waals surface area contributed by atoms with E-state index in [0.29, 0.717) is 13.1 Å². The molecule has 3 N–H and O–H groups in total. The molecule has 1 fully saturated rings. The SMILES string of the molecule is CC(C)(C)c1csc(CNC(=O)NCC2(O)CCCC2)n1. The molecule has 1 saturated carbocycles. The van der Waals surface area contributed by atoms with Crippen molar-refractivity contribution in [2.75, 3.05) is 6.54 Å². The first-order valence-corrected chi connectivity index (χ1v) is 8.35. The minimum absolute atomic E-state index is 0.0305. The smallest absolute Gasteiger partial charge is 0.315 e. The van der Waals surface area contributed by atoms with Crippen molar-refractivity contribution in [1.82, 2.24) is 15.6 Å². The molecule has 118 valence electrons. The van der Waals surface area contributed by atoms with Gasteiger partial charge in [0.1, 0.15) is 5.01 Å². The molecule has 1 aromatic rings. The number of hydrogen-bond donors (Lipinski definition) is 3. The molecule has 0 atom stereocenters. The summed E-state index contributed by atoms with van der Waals surface area (Å²) in [5.41, 5.74) is 0.366. The molecule has 1 aliphatic rings. The van der Waals surface area contributed by atoms with Crippen molar-refractivity contribution in [1.29, 1.82) is 0 Å². The lowest BCUT2D eigenvalue weighted by molar-refractivity contribution is 0.0501. The summed E-state index contributed by atoms with van der Waals surface area (Å²) in [6.45, 7) is 7.10. The van der Waals surface area contributed by atoms with E-state index in [9.17, 15) is 9.90 Å². The largest absolute Gasteiger partial charge is 0.388 e. The Bertz CT molecular complexity index is 487. The second-order valence-corrected chi connectivity index (χ2v) is 7.79. The fraction of sp³-hybridized carbons (Fsp3) is 0.733. The Balaban J connectivity index is 1.75. The van der Waals surface area contributed by atoms with Crippen LogP contribution in [0.4, 0.5) is 4.79 Å². The predicted octanol–water partition coefficient (Wildman–Crippen LogP) is 2.54. The Kier molecular flexibility index (Phi) is 4.88. The predicted molar refractivity (Wildman–Crippen MR) is 84.5 cm³/mol. The molecular weight excluding hydrogens is 286 g/mol. The first-order chi connectivity index (χ1) is 9.78. The van der Waals surface area contributed by atoms with E-state index in [-0.39, 0.29) is 11.4 Å². The standard InChI is InChI=1S/C15H25N3O2S/c1-14(2,3)11-9-21-12(18-11)8-16-13(19)17-10-15(20)6-4-5-7-15/h9,20H,4-8,10H2,1-3H3,(H2,16,17,19). The maximum absolute atomic E-state index is 11.8. The molecule has 0 spiro atoms. The average molecular weight is 311 g/mol. The van der Waals surface area contributed by atoms with Gasteiger partial charge in [0.2, 0.25) is 0 Å². The van der Waals surface area contributed by atoms with E-state index in [1.165, 1.54) is 0 Å². The maximum atomic E-state index is 11.8. The number of carbonyl (C=O) groups is 1. The Hall–Kier alpha value is -1.14. The lowest BCUT2D eigenvalue weighted by Crippen LogP contribution is -2.44. The molecule has 6 heteroatoms. The molecule has 1 aromatic heterocycles. The molecule has 2 rings (SSSR count). The molecule has 0 aliphatic heterocycles. The van der Waals surface area contributed by atoms with Crippen LogP contribution in [0.3, 0.4) is 0 Å². The van der Waals surface area contributed by atoms with Gasteiger partial charge in [-0.25, -0.2) is 9.78 Å². The maximum Gasteiger partial charge on any atom is 0.315 e. The number of thiazole rings is 1. The van der Waals surface area contributed by atoms with Crippen LogP contribution in [0.15, 0.2) is 5.38 Å². The minimum atomic E-state index is -0.710. The lowest BCUT2D eigenvalue weighted by atomic mass is 9.93. The molecule has 5 nitrogen and oxygen atoms in total. The fourth-order valence-corrected chi connectivity index (χ4v) is 3.37. The number of nitrogens with zero attached hydrogens (tertiary/aromatic N) is 1. The van der Waals surface area contributed by atoms with Gasteiger partial charge in [-0.2, -0.15) is 0 Å². The fourth-order valence-electron chi connectivity index (χ4n) is 2.41. The molecule has 0 radical (unpaired) electrons. The monoisotopic (exact) mass is 311 g/mol. The van der Waals surface area contributed by atoms with Gasteiger partial charge in [-0.3, -0.25) is 0 Å². The highest BCUT2D eigenvalue weighted by Gasteiger charge is 2.31. The molecule has 2 amide bonds. The second kappa shape index (κ2) is 6.32. The van der Waals surface area contributed by atoms with Crippen LogP contribution in [-0.2, 0) is 12.0 Å². The van der Waals surface area contributed by atoms with E-state index >= 15 is 0 Å². The number of carbonyl (C=O) groups excluding carboxylic acids is 1. The van der Waals surface area contributed by atoms with E-state index in [1.807, 2.05) is 5.38 Å². The number of urea groups is 1. The third kappa shape index (κ3) is 4.68. The minimum Gasteiger partial charge on any atom is -0.388 e. The Morgan fingerprint density at radius 1 is 1.38 bits per heavy atom. The summed E-state index contributed by atoms with van der Waals surface area (Å²) in [4.78, 5) is 16.3. The zero-order chi connectivity index (χ0) is 15.5. The molecular formula is C15H25N3O2S. The number of hydrogen-bond acceptors (Lipinski definition) is 4. The summed E-state index contributed by atoms with van der Waals surface area (Å²) in [6, 6.07) is -0.247. The van der Waals surface area contributed by atoms with Crippen molar-refractivity contribution >= 4 is 17.4 Å². The Labute approximate surface area is 130 Å². The van der Waals surface area contributed by atoms with Gasteiger partial charge in [0, 0.05) is 17.3 Å². The van der Waals surface area contributed by atoms with Crippen molar-refractivity contribution in [3.63, 3.8) is 0 Å². The van der Waals surface area contributed by atoms with Crippen molar-refractivity contribution in [2.24, 2.45) is 0 Å². The van der Waals surface area contributed by atoms with Crippen molar-refractivity contribution in [3.8, 4) is 0 Å². The zero-order valence-corrected chi connectivity index (χ0v) is 13.8. The normalized spacial score (nSPS) is 17.7. The van der Waals surface area contributed by atoms with E-state index < -0.39 is 5.60 Å². The topological polar surface area (TPSA) is 74.2 Å². The van der Waals surface area contributed by atoms with Crippen molar-refractivity contribution in [3.05, 3.63) is 16.1 Å². The summed E-state index contributed by atoms with van der Waals surface area (Å²) in [7, 11) is 0. The summed E-state index contributed by atoms with van der Waals surface area (Å²) in [5.74, 6) is 0. The summed E-state index contributed by atoms with van der Waals surface area (Å²) < 4.78 is 0. The van der Waals surface area contributed by atoms with Gasteiger partial charge in [0.05, 0.1) is 17.8 Å². The van der Waals surface area contributed by atoms with Crippen LogP contribution in [0.5, 0.6) is 0 Å². The zero-order valence-electron chi connectivity index (χ0n) is 13.0. The van der Waals surface area contributed by atoms with E-state index in [2.05, 4.69) is 36.4 Å². The molecule has 21 heavy (non-hydrogen) atoms. The number of aromatic nitrogens is 1. The summed E-state index contributed by atoms with van der Waals surface area (Å²) in [6.07, 6.45) is 3.62. The van der Waals surface area contributed by atoms with Gasteiger partial charge in [0.25, 0.3) is 0 Å². The molecule has 0 unspecified atom stereocenters. The first-order valence-electron chi connectivity index (χ1n) is 7.47. The van der Waals surface area contributed by atoms with Crippen LogP contribution in [0, 0.1) is 0 Å². The molecule has 0 aromatic carbocycles. The third-order valence-electron chi connectivity index (χ3n) is 3.83. The van der Waals surface area contributed by atoms with Crippen LogP contribution in [0.1, 0.15) is 57.2 Å². The van der Waals surface area contributed by atoms with Gasteiger partial charge in [0.15, 0.2) is 0 Å². The van der Waals surface area contributed by atoms with Crippen molar-refractivity contribution < 1.29 is 9.90 Å². The average Bonchev–Trinajstić information content (AvgIpc) is 3.03. The second-order valence-electron chi connectivity index (χ2n) is 6.84. The number of rotatable bonds is 4. The third-order valence-corrected chi connectivity index (χ3v) is 4.68. The highest BCUT2D eigenvalue weighted by molar-refractivity contribution is 7.09. The Morgan fingerprint density at radius 2 is 2.05 bits per heavy atom. The van der Waals surface area contributed by atoms with Crippen LogP contribution in [-0.4, -0.2) is 28.3 Å². The Morgan fingerprint density at radius 3 is 2.62 bits per heavy atom. The van der Waals surface area contributed by atoms with Gasteiger partial charge < -0.3 is 15.7 Å². The summed E-state index contributed by atoms with van der Waals surface area (Å²) in [5, 5.41) is 18.6.